The maximum atomic E-state index is 5.91. The van der Waals surface area contributed by atoms with Crippen molar-refractivity contribution in [1.29, 1.82) is 0 Å². The van der Waals surface area contributed by atoms with Gasteiger partial charge < -0.3 is 4.74 Å². The highest BCUT2D eigenvalue weighted by Crippen LogP contribution is 2.34. The van der Waals surface area contributed by atoms with Gasteiger partial charge in [0, 0.05) is 5.41 Å². The monoisotopic (exact) mass is 225 g/mol. The van der Waals surface area contributed by atoms with E-state index in [1.807, 2.05) is 6.07 Å². The van der Waals surface area contributed by atoms with Crippen LogP contribution in [0.2, 0.25) is 5.15 Å². The van der Waals surface area contributed by atoms with Crippen molar-refractivity contribution >= 4 is 11.6 Å². The summed E-state index contributed by atoms with van der Waals surface area (Å²) in [7, 11) is 0. The van der Waals surface area contributed by atoms with Crippen LogP contribution in [0.3, 0.4) is 0 Å². The smallest absolute Gasteiger partial charge is 0.141 e. The summed E-state index contributed by atoms with van der Waals surface area (Å²) in [5.41, 5.74) is 0.914. The maximum Gasteiger partial charge on any atom is 0.141 e. The van der Waals surface area contributed by atoms with Gasteiger partial charge in [0.05, 0.1) is 11.8 Å². The van der Waals surface area contributed by atoms with Crippen molar-refractivity contribution < 1.29 is 4.74 Å². The van der Waals surface area contributed by atoms with Crippen LogP contribution in [0.15, 0.2) is 12.1 Å². The van der Waals surface area contributed by atoms with Gasteiger partial charge in [-0.25, -0.2) is 4.98 Å². The van der Waals surface area contributed by atoms with Gasteiger partial charge >= 0.3 is 0 Å². The molecule has 2 nitrogen and oxygen atoms in total. The first kappa shape index (κ1) is 10.7. The fourth-order valence-corrected chi connectivity index (χ4v) is 1.57. The second kappa shape index (κ2) is 3.67. The van der Waals surface area contributed by atoms with Gasteiger partial charge in [-0.2, -0.15) is 0 Å². The van der Waals surface area contributed by atoms with Crippen LogP contribution < -0.4 is 4.74 Å². The molecule has 1 aliphatic rings. The minimum atomic E-state index is -0.0326. The van der Waals surface area contributed by atoms with Gasteiger partial charge in [0.25, 0.3) is 0 Å². The number of rotatable bonds is 2. The molecule has 2 rings (SSSR count). The van der Waals surface area contributed by atoms with Gasteiger partial charge in [-0.1, -0.05) is 32.4 Å². The van der Waals surface area contributed by atoms with Crippen LogP contribution in [0, 0.1) is 0 Å². The molecule has 1 fully saturated rings. The molecule has 0 aliphatic heterocycles. The van der Waals surface area contributed by atoms with Gasteiger partial charge in [-0.05, 0) is 25.0 Å². The molecule has 3 heteroatoms. The summed E-state index contributed by atoms with van der Waals surface area (Å²) in [6.45, 7) is 6.35. The molecule has 0 aromatic carbocycles. The van der Waals surface area contributed by atoms with Crippen molar-refractivity contribution in [2.45, 2.75) is 45.1 Å². The second-order valence-corrected chi connectivity index (χ2v) is 5.44. The number of nitrogens with zero attached hydrogens (tertiary/aromatic N) is 1. The molecule has 0 spiro atoms. The minimum Gasteiger partial charge on any atom is -0.488 e. The Labute approximate surface area is 95.6 Å². The third-order valence-electron chi connectivity index (χ3n) is 2.35. The van der Waals surface area contributed by atoms with Gasteiger partial charge in [-0.15, -0.1) is 0 Å². The van der Waals surface area contributed by atoms with Gasteiger partial charge in [0.2, 0.25) is 0 Å². The number of halogens is 1. The molecule has 1 saturated carbocycles. The highest BCUT2D eigenvalue weighted by molar-refractivity contribution is 6.29. The third-order valence-corrected chi connectivity index (χ3v) is 2.56. The zero-order valence-corrected chi connectivity index (χ0v) is 10.1. The Kier molecular flexibility index (Phi) is 2.63. The lowest BCUT2D eigenvalue weighted by atomic mass is 9.91. The number of ether oxygens (including phenoxy) is 1. The number of aromatic nitrogens is 1. The Hall–Kier alpha value is -0.760. The average Bonchev–Trinajstić information content (AvgIpc) is 2.90. The van der Waals surface area contributed by atoms with Crippen LogP contribution in [0.4, 0.5) is 0 Å². The molecule has 15 heavy (non-hydrogen) atoms. The number of hydrogen-bond donors (Lipinski definition) is 0. The zero-order valence-electron chi connectivity index (χ0n) is 9.38. The zero-order chi connectivity index (χ0) is 11.1. The van der Waals surface area contributed by atoms with Gasteiger partial charge in [-0.3, -0.25) is 0 Å². The Morgan fingerprint density at radius 2 is 2.00 bits per heavy atom. The molecule has 1 aromatic rings. The molecule has 0 N–H and O–H groups in total. The van der Waals surface area contributed by atoms with E-state index < -0.39 is 0 Å². The highest BCUT2D eigenvalue weighted by atomic mass is 35.5. The summed E-state index contributed by atoms with van der Waals surface area (Å²) >= 11 is 5.91. The Balaban J connectivity index is 2.34. The normalized spacial score (nSPS) is 16.5. The van der Waals surface area contributed by atoms with Crippen molar-refractivity contribution in [2.75, 3.05) is 0 Å². The predicted octanol–water partition coefficient (Wildman–Crippen LogP) is 3.57. The van der Waals surface area contributed by atoms with Crippen molar-refractivity contribution in [1.82, 2.24) is 4.98 Å². The largest absolute Gasteiger partial charge is 0.488 e. The molecule has 0 radical (unpaired) electrons. The SMILES string of the molecule is CC(C)(C)c1nc(Cl)ccc1OC1CC1. The molecule has 82 valence electrons. The lowest BCUT2D eigenvalue weighted by molar-refractivity contribution is 0.292. The van der Waals surface area contributed by atoms with Crippen LogP contribution in [0.25, 0.3) is 0 Å². The predicted molar refractivity (Wildman–Crippen MR) is 61.6 cm³/mol. The Morgan fingerprint density at radius 3 is 2.53 bits per heavy atom. The summed E-state index contributed by atoms with van der Waals surface area (Å²) in [5.74, 6) is 0.884. The Bertz CT molecular complexity index is 366. The summed E-state index contributed by atoms with van der Waals surface area (Å²) in [4.78, 5) is 4.37. The fourth-order valence-electron chi connectivity index (χ4n) is 1.42. The topological polar surface area (TPSA) is 22.1 Å². The molecular weight excluding hydrogens is 210 g/mol. The lowest BCUT2D eigenvalue weighted by Crippen LogP contribution is -2.16. The maximum absolute atomic E-state index is 5.91. The molecule has 1 aromatic heterocycles. The van der Waals surface area contributed by atoms with Crippen molar-refractivity contribution in [3.63, 3.8) is 0 Å². The first-order valence-corrected chi connectivity index (χ1v) is 5.68. The summed E-state index contributed by atoms with van der Waals surface area (Å²) < 4.78 is 5.82. The minimum absolute atomic E-state index is 0.0326. The van der Waals surface area contributed by atoms with E-state index in [1.54, 1.807) is 6.07 Å². The van der Waals surface area contributed by atoms with E-state index in [4.69, 9.17) is 16.3 Å². The van der Waals surface area contributed by atoms with Crippen LogP contribution in [0.5, 0.6) is 5.75 Å². The molecule has 0 atom stereocenters. The van der Waals surface area contributed by atoms with E-state index in [0.29, 0.717) is 11.3 Å². The van der Waals surface area contributed by atoms with E-state index in [2.05, 4.69) is 25.8 Å². The summed E-state index contributed by atoms with van der Waals surface area (Å²) in [6.07, 6.45) is 2.72. The van der Waals surface area contributed by atoms with Crippen molar-refractivity contribution in [3.05, 3.63) is 23.0 Å². The molecule has 0 saturated heterocycles. The second-order valence-electron chi connectivity index (χ2n) is 5.05. The van der Waals surface area contributed by atoms with Crippen LogP contribution >= 0.6 is 11.6 Å². The van der Waals surface area contributed by atoms with Gasteiger partial charge in [0.15, 0.2) is 0 Å². The van der Waals surface area contributed by atoms with E-state index in [-0.39, 0.29) is 5.41 Å². The van der Waals surface area contributed by atoms with Crippen LogP contribution in [-0.2, 0) is 5.41 Å². The highest BCUT2D eigenvalue weighted by Gasteiger charge is 2.28. The Morgan fingerprint density at radius 1 is 1.33 bits per heavy atom. The van der Waals surface area contributed by atoms with E-state index >= 15 is 0 Å². The van der Waals surface area contributed by atoms with Crippen LogP contribution in [-0.4, -0.2) is 11.1 Å². The van der Waals surface area contributed by atoms with Crippen LogP contribution in [0.1, 0.15) is 39.3 Å². The average molecular weight is 226 g/mol. The van der Waals surface area contributed by atoms with E-state index in [1.165, 1.54) is 0 Å². The molecule has 0 unspecified atom stereocenters. The fraction of sp³-hybridized carbons (Fsp3) is 0.583. The molecule has 0 bridgehead atoms. The molecule has 0 amide bonds. The quantitative estimate of drug-likeness (QED) is 0.718. The lowest BCUT2D eigenvalue weighted by Gasteiger charge is -2.21. The summed E-state index contributed by atoms with van der Waals surface area (Å²) in [5, 5.41) is 0.531. The van der Waals surface area contributed by atoms with Crippen molar-refractivity contribution in [3.8, 4) is 5.75 Å². The third kappa shape index (κ3) is 2.63. The summed E-state index contributed by atoms with van der Waals surface area (Å²) in [6, 6.07) is 3.71. The molecule has 1 aliphatic carbocycles. The van der Waals surface area contributed by atoms with Gasteiger partial charge in [0.1, 0.15) is 10.9 Å². The molecule has 1 heterocycles. The number of pyridine rings is 1. The standard InChI is InChI=1S/C12H16ClNO/c1-12(2,3)11-9(15-8-4-5-8)6-7-10(13)14-11/h6-8H,4-5H2,1-3H3. The first-order chi connectivity index (χ1) is 6.97. The van der Waals surface area contributed by atoms with E-state index in [9.17, 15) is 0 Å². The molecular formula is C12H16ClNO. The van der Waals surface area contributed by atoms with E-state index in [0.717, 1.165) is 24.3 Å². The first-order valence-electron chi connectivity index (χ1n) is 5.30. The number of hydrogen-bond acceptors (Lipinski definition) is 2. The van der Waals surface area contributed by atoms with Crippen molar-refractivity contribution in [2.24, 2.45) is 0 Å².